The van der Waals surface area contributed by atoms with E-state index < -0.39 is 18.0 Å². The number of aromatic nitrogens is 1. The second-order valence-corrected chi connectivity index (χ2v) is 10.7. The van der Waals surface area contributed by atoms with E-state index in [1.165, 1.54) is 28.0 Å². The Morgan fingerprint density at radius 1 is 1.34 bits per heavy atom. The van der Waals surface area contributed by atoms with Crippen LogP contribution in [0.2, 0.25) is 0 Å². The molecule has 12 heteroatoms. The summed E-state index contributed by atoms with van der Waals surface area (Å²) < 4.78 is 0. The number of carboxylic acids is 1. The number of amides is 2. The fourth-order valence-electron chi connectivity index (χ4n) is 4.37. The van der Waals surface area contributed by atoms with Crippen LogP contribution < -0.4 is 44.9 Å². The van der Waals surface area contributed by atoms with Gasteiger partial charge in [-0.3, -0.25) is 9.59 Å². The van der Waals surface area contributed by atoms with Crippen molar-refractivity contribution in [3.8, 4) is 0 Å². The molecular weight excluding hydrogens is 463 g/mol. The van der Waals surface area contributed by atoms with Gasteiger partial charge in [-0.1, -0.05) is 6.92 Å². The Labute approximate surface area is 216 Å². The second-order valence-electron chi connectivity index (χ2n) is 8.54. The molecular formula is C20H25N4NaO5S2. The number of nitrogens with zero attached hydrogens (tertiary/aromatic N) is 3. The number of thiazole rings is 1. The first kappa shape index (κ1) is 25.5. The summed E-state index contributed by atoms with van der Waals surface area (Å²) in [4.78, 5) is 44.7. The van der Waals surface area contributed by atoms with Gasteiger partial charge in [-0.05, 0) is 20.8 Å². The molecule has 2 N–H and O–H groups in total. The Morgan fingerprint density at radius 2 is 2.00 bits per heavy atom. The smallest absolute Gasteiger partial charge is 0.543 e. The summed E-state index contributed by atoms with van der Waals surface area (Å²) in [5, 5.41) is 27.2. The molecule has 0 bridgehead atoms. The Hall–Kier alpha value is -1.11. The second kappa shape index (κ2) is 9.63. The Morgan fingerprint density at radius 3 is 2.56 bits per heavy atom. The zero-order valence-electron chi connectivity index (χ0n) is 18.7. The zero-order chi connectivity index (χ0) is 22.6. The number of nitrogens with one attached hydrogen (secondary N) is 1. The number of fused-ring (bicyclic) bond motifs is 1. The van der Waals surface area contributed by atoms with Crippen LogP contribution in [0.5, 0.6) is 0 Å². The van der Waals surface area contributed by atoms with E-state index in [-0.39, 0.29) is 70.3 Å². The maximum Gasteiger partial charge on any atom is 1.00 e. The molecule has 32 heavy (non-hydrogen) atoms. The van der Waals surface area contributed by atoms with Crippen molar-refractivity contribution < 1.29 is 54.2 Å². The first-order valence-corrected chi connectivity index (χ1v) is 12.0. The van der Waals surface area contributed by atoms with E-state index in [4.69, 9.17) is 0 Å². The number of aliphatic hydroxyl groups is 1. The van der Waals surface area contributed by atoms with Gasteiger partial charge >= 0.3 is 29.6 Å². The van der Waals surface area contributed by atoms with E-state index in [1.54, 1.807) is 12.3 Å². The number of aliphatic hydroxyl groups excluding tert-OH is 1. The summed E-state index contributed by atoms with van der Waals surface area (Å²) in [6.45, 7) is 8.57. The van der Waals surface area contributed by atoms with Crippen LogP contribution in [-0.4, -0.2) is 69.3 Å². The number of carbonyl (C=O) groups is 3. The van der Waals surface area contributed by atoms with E-state index >= 15 is 0 Å². The van der Waals surface area contributed by atoms with Gasteiger partial charge < -0.3 is 30.1 Å². The topological polar surface area (TPSA) is 126 Å². The van der Waals surface area contributed by atoms with Crippen LogP contribution in [0, 0.1) is 11.8 Å². The molecule has 168 valence electrons. The number of hydrogen-bond acceptors (Lipinski definition) is 9. The molecule has 0 radical (unpaired) electrons. The summed E-state index contributed by atoms with van der Waals surface area (Å²) in [6.07, 6.45) is -0.824. The van der Waals surface area contributed by atoms with E-state index in [0.29, 0.717) is 23.7 Å². The van der Waals surface area contributed by atoms with Crippen molar-refractivity contribution >= 4 is 46.0 Å². The minimum Gasteiger partial charge on any atom is -0.543 e. The van der Waals surface area contributed by atoms with Crippen molar-refractivity contribution in [1.82, 2.24) is 15.2 Å². The summed E-state index contributed by atoms with van der Waals surface area (Å²) >= 11 is 2.86. The molecule has 1 aromatic rings. The molecule has 3 aliphatic heterocycles. The average Bonchev–Trinajstić information content (AvgIpc) is 3.19. The van der Waals surface area contributed by atoms with Crippen LogP contribution >= 0.6 is 23.1 Å². The van der Waals surface area contributed by atoms with Crippen molar-refractivity contribution in [1.29, 1.82) is 0 Å². The van der Waals surface area contributed by atoms with Gasteiger partial charge in [0.2, 0.25) is 5.91 Å². The molecule has 3 aliphatic rings. The molecule has 9 nitrogen and oxygen atoms in total. The van der Waals surface area contributed by atoms with Crippen molar-refractivity contribution in [3.05, 3.63) is 21.7 Å². The summed E-state index contributed by atoms with van der Waals surface area (Å²) in [5.74, 6) is -2.66. The molecule has 4 rings (SSSR count). The van der Waals surface area contributed by atoms with Crippen LogP contribution in [0.15, 0.2) is 16.0 Å². The molecule has 4 heterocycles. The molecule has 2 amide bonds. The quantitative estimate of drug-likeness (QED) is 0.308. The van der Waals surface area contributed by atoms with Gasteiger partial charge in [0.25, 0.3) is 5.91 Å². The number of rotatable bonds is 7. The Bertz CT molecular complexity index is 960. The molecule has 0 aromatic carbocycles. The van der Waals surface area contributed by atoms with E-state index in [9.17, 15) is 24.6 Å². The van der Waals surface area contributed by atoms with E-state index in [2.05, 4.69) is 10.3 Å². The largest absolute Gasteiger partial charge is 1.00 e. The van der Waals surface area contributed by atoms with Crippen molar-refractivity contribution in [2.24, 2.45) is 11.8 Å². The third-order valence-electron chi connectivity index (χ3n) is 5.86. The summed E-state index contributed by atoms with van der Waals surface area (Å²) in [5.41, 5.74) is 0.341. The van der Waals surface area contributed by atoms with Crippen LogP contribution in [0.3, 0.4) is 0 Å². The van der Waals surface area contributed by atoms with Crippen LogP contribution in [-0.2, 0) is 9.59 Å². The minimum atomic E-state index is -1.36. The fourth-order valence-corrected chi connectivity index (χ4v) is 6.71. The Balaban J connectivity index is 0.00000289. The maximum absolute atomic E-state index is 12.4. The zero-order valence-corrected chi connectivity index (χ0v) is 22.3. The van der Waals surface area contributed by atoms with Gasteiger partial charge in [0, 0.05) is 40.6 Å². The number of carbonyl (C=O) groups excluding carboxylic acids is 3. The normalized spacial score (nSPS) is 25.8. The molecule has 0 unspecified atom stereocenters. The average molecular weight is 489 g/mol. The Kier molecular flexibility index (Phi) is 7.68. The number of aliphatic carboxylic acids is 1. The SMILES string of the molecule is CC(C)NC(=O)c1csc(N2CC(SC3=C(C(=O)[O-])N4C(=O)[C@H]([C@@H](C)O)[C@H]4[C@H]3C)C2)n1.[Na+]. The first-order valence-electron chi connectivity index (χ1n) is 10.2. The van der Waals surface area contributed by atoms with Crippen molar-refractivity contribution in [3.63, 3.8) is 0 Å². The molecule has 1 aromatic heterocycles. The van der Waals surface area contributed by atoms with Gasteiger partial charge in [-0.15, -0.1) is 23.1 Å². The molecule has 2 saturated heterocycles. The van der Waals surface area contributed by atoms with Gasteiger partial charge in [0.05, 0.1) is 29.7 Å². The van der Waals surface area contributed by atoms with Crippen LogP contribution in [0.1, 0.15) is 38.2 Å². The van der Waals surface area contributed by atoms with Gasteiger partial charge in [0.15, 0.2) is 5.13 Å². The standard InChI is InChI=1S/C20H26N4O5S2.Na/c1-8(2)21-17(26)12-7-30-20(22-12)23-5-11(6-23)31-16-9(3)14-13(10(4)25)18(27)24(14)15(16)19(28)29;/h7-11,13-14,25H,5-6H2,1-4H3,(H,21,26)(H,28,29);/q;+1/p-1/t9-,10-,13-,14-;/m1./s1. The summed E-state index contributed by atoms with van der Waals surface area (Å²) in [6, 6.07) is -0.298. The molecule has 2 fully saturated rings. The number of carboxylic acid groups (broad SMARTS) is 1. The van der Waals surface area contributed by atoms with E-state index in [0.717, 1.165) is 5.13 Å². The van der Waals surface area contributed by atoms with Gasteiger partial charge in [-0.2, -0.15) is 0 Å². The number of hydrogen-bond donors (Lipinski definition) is 2. The molecule has 0 aliphatic carbocycles. The summed E-state index contributed by atoms with van der Waals surface area (Å²) in [7, 11) is 0. The number of β-lactam (4-membered cyclic amide) rings is 1. The maximum atomic E-state index is 12.4. The van der Waals surface area contributed by atoms with Gasteiger partial charge in [0.1, 0.15) is 5.69 Å². The molecule has 0 saturated carbocycles. The fraction of sp³-hybridized carbons (Fsp3) is 0.600. The third-order valence-corrected chi connectivity index (χ3v) is 8.21. The third kappa shape index (κ3) is 4.35. The van der Waals surface area contributed by atoms with Crippen LogP contribution in [0.25, 0.3) is 0 Å². The number of anilines is 1. The number of thioether (sulfide) groups is 1. The van der Waals surface area contributed by atoms with Crippen LogP contribution in [0.4, 0.5) is 5.13 Å². The molecule has 0 spiro atoms. The minimum absolute atomic E-state index is 0. The van der Waals surface area contributed by atoms with E-state index in [1.807, 2.05) is 25.7 Å². The van der Waals surface area contributed by atoms with Crippen molar-refractivity contribution in [2.45, 2.75) is 51.1 Å². The molecule has 4 atom stereocenters. The van der Waals surface area contributed by atoms with Crippen molar-refractivity contribution in [2.75, 3.05) is 18.0 Å². The predicted octanol–water partition coefficient (Wildman–Crippen LogP) is -2.97. The predicted molar refractivity (Wildman–Crippen MR) is 115 cm³/mol. The van der Waals surface area contributed by atoms with Gasteiger partial charge in [-0.25, -0.2) is 4.98 Å². The first-order chi connectivity index (χ1) is 14.6. The monoisotopic (exact) mass is 488 g/mol.